The highest BCUT2D eigenvalue weighted by Gasteiger charge is 2.04. The molecule has 0 radical (unpaired) electrons. The third kappa shape index (κ3) is 3.14. The van der Waals surface area contributed by atoms with Gasteiger partial charge in [-0.15, -0.1) is 11.3 Å². The summed E-state index contributed by atoms with van der Waals surface area (Å²) in [4.78, 5) is 9.99. The van der Waals surface area contributed by atoms with Crippen molar-refractivity contribution in [3.8, 4) is 11.3 Å². The van der Waals surface area contributed by atoms with E-state index in [9.17, 15) is 0 Å². The minimum Gasteiger partial charge on any atom is -0.320 e. The average molecular weight is 360 g/mol. The van der Waals surface area contributed by atoms with Crippen LogP contribution in [0.1, 0.15) is 5.69 Å². The number of nitrogens with zero attached hydrogens (tertiary/aromatic N) is 3. The molecule has 0 spiro atoms. The van der Waals surface area contributed by atoms with Gasteiger partial charge < -0.3 is 4.57 Å². The molecule has 2 aromatic heterocycles. The second-order valence-electron chi connectivity index (χ2n) is 4.72. The third-order valence-corrected chi connectivity index (χ3v) is 4.59. The molecule has 21 heavy (non-hydrogen) atoms. The maximum atomic E-state index is 4.63. The van der Waals surface area contributed by atoms with E-state index in [0.717, 1.165) is 26.5 Å². The van der Waals surface area contributed by atoms with Gasteiger partial charge in [-0.2, -0.15) is 0 Å². The number of rotatable bonds is 2. The van der Waals surface area contributed by atoms with Crippen LogP contribution in [-0.4, -0.2) is 9.55 Å². The Morgan fingerprint density at radius 3 is 2.62 bits per heavy atom. The minimum atomic E-state index is 0.745. The van der Waals surface area contributed by atoms with Crippen molar-refractivity contribution < 1.29 is 0 Å². The highest BCUT2D eigenvalue weighted by molar-refractivity contribution is 9.10. The van der Waals surface area contributed by atoms with E-state index in [1.807, 2.05) is 44.3 Å². The highest BCUT2D eigenvalue weighted by atomic mass is 79.9. The topological polar surface area (TPSA) is 30.2 Å². The first-order chi connectivity index (χ1) is 10.1. The van der Waals surface area contributed by atoms with Gasteiger partial charge in [0.2, 0.25) is 0 Å². The number of pyridine rings is 1. The maximum absolute atomic E-state index is 4.63. The van der Waals surface area contributed by atoms with E-state index in [-0.39, 0.29) is 0 Å². The molecule has 0 saturated carbocycles. The van der Waals surface area contributed by atoms with Crippen LogP contribution in [0, 0.1) is 6.92 Å². The van der Waals surface area contributed by atoms with E-state index in [4.69, 9.17) is 0 Å². The molecule has 0 aliphatic carbocycles. The summed E-state index contributed by atoms with van der Waals surface area (Å²) < 4.78 is 3.18. The molecule has 0 fully saturated rings. The quantitative estimate of drug-likeness (QED) is 0.664. The lowest BCUT2D eigenvalue weighted by atomic mass is 10.2. The molecule has 0 aliphatic rings. The molecule has 0 atom stereocenters. The largest absolute Gasteiger partial charge is 0.320 e. The van der Waals surface area contributed by atoms with Crippen molar-refractivity contribution in [1.82, 2.24) is 9.55 Å². The molecular formula is C16H14BrN3S. The van der Waals surface area contributed by atoms with Crippen LogP contribution in [-0.2, 0) is 7.05 Å². The Morgan fingerprint density at radius 2 is 1.90 bits per heavy atom. The average Bonchev–Trinajstić information content (AvgIpc) is 2.81. The van der Waals surface area contributed by atoms with Gasteiger partial charge in [-0.05, 0) is 36.8 Å². The van der Waals surface area contributed by atoms with E-state index >= 15 is 0 Å². The molecule has 3 aromatic rings. The van der Waals surface area contributed by atoms with Crippen molar-refractivity contribution in [2.45, 2.75) is 6.92 Å². The van der Waals surface area contributed by atoms with E-state index in [0.29, 0.717) is 0 Å². The molecule has 0 aliphatic heterocycles. The second-order valence-corrected chi connectivity index (χ2v) is 6.47. The Morgan fingerprint density at radius 1 is 1.14 bits per heavy atom. The van der Waals surface area contributed by atoms with Crippen molar-refractivity contribution in [2.24, 2.45) is 12.0 Å². The first-order valence-corrected chi connectivity index (χ1v) is 8.19. The van der Waals surface area contributed by atoms with Crippen LogP contribution < -0.4 is 4.80 Å². The van der Waals surface area contributed by atoms with Gasteiger partial charge in [0, 0.05) is 22.6 Å². The molecule has 0 bridgehead atoms. The maximum Gasteiger partial charge on any atom is 0.191 e. The Bertz CT molecular complexity index is 831. The molecule has 0 unspecified atom stereocenters. The van der Waals surface area contributed by atoms with Gasteiger partial charge in [0.1, 0.15) is 0 Å². The molecule has 3 rings (SSSR count). The third-order valence-electron chi connectivity index (χ3n) is 3.15. The Hall–Kier alpha value is -1.72. The molecule has 0 amide bonds. The lowest BCUT2D eigenvalue weighted by molar-refractivity contribution is 0.879. The van der Waals surface area contributed by atoms with Crippen LogP contribution >= 0.6 is 27.3 Å². The van der Waals surface area contributed by atoms with Gasteiger partial charge in [-0.25, -0.2) is 9.98 Å². The number of thiazole rings is 1. The Balaban J connectivity index is 2.05. The zero-order valence-corrected chi connectivity index (χ0v) is 14.1. The summed E-state index contributed by atoms with van der Waals surface area (Å²) in [5.74, 6) is 0.745. The first kappa shape index (κ1) is 14.2. The Kier molecular flexibility index (Phi) is 4.03. The summed E-state index contributed by atoms with van der Waals surface area (Å²) >= 11 is 5.08. The summed E-state index contributed by atoms with van der Waals surface area (Å²) in [5.41, 5.74) is 3.30. The summed E-state index contributed by atoms with van der Waals surface area (Å²) in [6, 6.07) is 14.2. The fraction of sp³-hybridized carbons (Fsp3) is 0.125. The monoisotopic (exact) mass is 359 g/mol. The van der Waals surface area contributed by atoms with E-state index < -0.39 is 0 Å². The number of hydrogen-bond donors (Lipinski definition) is 0. The van der Waals surface area contributed by atoms with Gasteiger partial charge in [-0.1, -0.05) is 34.1 Å². The van der Waals surface area contributed by atoms with E-state index in [1.54, 1.807) is 11.3 Å². The summed E-state index contributed by atoms with van der Waals surface area (Å²) in [5, 5.41) is 2.12. The van der Waals surface area contributed by atoms with Crippen molar-refractivity contribution in [3.05, 3.63) is 62.8 Å². The molecule has 5 heteroatoms. The number of hydrogen-bond acceptors (Lipinski definition) is 3. The SMILES string of the molecule is Cc1cccc(/N=c2/scc(-c3ccc(Br)cc3)n2C)n1. The van der Waals surface area contributed by atoms with Crippen LogP contribution in [0.5, 0.6) is 0 Å². The highest BCUT2D eigenvalue weighted by Crippen LogP contribution is 2.22. The lowest BCUT2D eigenvalue weighted by Gasteiger charge is -2.03. The number of benzene rings is 1. The van der Waals surface area contributed by atoms with Crippen LogP contribution in [0.25, 0.3) is 11.3 Å². The molecule has 2 heterocycles. The molecule has 1 aromatic carbocycles. The zero-order valence-electron chi connectivity index (χ0n) is 11.7. The molecule has 106 valence electrons. The molecule has 0 N–H and O–H groups in total. The summed E-state index contributed by atoms with van der Waals surface area (Å²) in [6.45, 7) is 1.97. The minimum absolute atomic E-state index is 0.745. The van der Waals surface area contributed by atoms with Gasteiger partial charge in [0.15, 0.2) is 10.6 Å². The summed E-state index contributed by atoms with van der Waals surface area (Å²) in [7, 11) is 2.03. The van der Waals surface area contributed by atoms with Crippen molar-refractivity contribution >= 4 is 33.1 Å². The van der Waals surface area contributed by atoms with Crippen LogP contribution in [0.15, 0.2) is 57.3 Å². The number of aryl methyl sites for hydroxylation is 1. The number of aromatic nitrogens is 2. The fourth-order valence-electron chi connectivity index (χ4n) is 2.04. The smallest absolute Gasteiger partial charge is 0.191 e. The predicted molar refractivity (Wildman–Crippen MR) is 90.6 cm³/mol. The second kappa shape index (κ2) is 5.95. The standard InChI is InChI=1S/C16H14BrN3S/c1-11-4-3-5-15(18-11)19-16-20(2)14(10-21-16)12-6-8-13(17)9-7-12/h3-10H,1-2H3/b19-16+. The van der Waals surface area contributed by atoms with E-state index in [2.05, 4.69) is 48.0 Å². The van der Waals surface area contributed by atoms with Crippen molar-refractivity contribution in [3.63, 3.8) is 0 Å². The van der Waals surface area contributed by atoms with Crippen molar-refractivity contribution in [2.75, 3.05) is 0 Å². The first-order valence-electron chi connectivity index (χ1n) is 6.52. The Labute approximate surface area is 135 Å². The van der Waals surface area contributed by atoms with Crippen LogP contribution in [0.2, 0.25) is 0 Å². The predicted octanol–water partition coefficient (Wildman–Crippen LogP) is 4.45. The van der Waals surface area contributed by atoms with Crippen LogP contribution in [0.3, 0.4) is 0 Å². The normalized spacial score (nSPS) is 11.9. The van der Waals surface area contributed by atoms with Gasteiger partial charge >= 0.3 is 0 Å². The molecule has 3 nitrogen and oxygen atoms in total. The molecule has 0 saturated heterocycles. The van der Waals surface area contributed by atoms with Crippen LogP contribution in [0.4, 0.5) is 5.82 Å². The van der Waals surface area contributed by atoms with Crippen molar-refractivity contribution in [1.29, 1.82) is 0 Å². The lowest BCUT2D eigenvalue weighted by Crippen LogP contribution is -2.11. The zero-order chi connectivity index (χ0) is 14.8. The molecular weight excluding hydrogens is 346 g/mol. The van der Waals surface area contributed by atoms with E-state index in [1.165, 1.54) is 5.56 Å². The fourth-order valence-corrected chi connectivity index (χ4v) is 3.22. The number of halogens is 1. The summed E-state index contributed by atoms with van der Waals surface area (Å²) in [6.07, 6.45) is 0. The van der Waals surface area contributed by atoms with Gasteiger partial charge in [0.05, 0.1) is 5.69 Å². The van der Waals surface area contributed by atoms with Gasteiger partial charge in [-0.3, -0.25) is 0 Å². The van der Waals surface area contributed by atoms with Gasteiger partial charge in [0.25, 0.3) is 0 Å².